The Kier molecular flexibility index (Phi) is 39.7. The van der Waals surface area contributed by atoms with Crippen LogP contribution in [-0.2, 0) is 19.1 Å². The van der Waals surface area contributed by atoms with Crippen LogP contribution in [0.5, 0.6) is 0 Å². The Morgan fingerprint density at radius 2 is 0.873 bits per heavy atom. The number of rotatable bonds is 40. The summed E-state index contributed by atoms with van der Waals surface area (Å²) < 4.78 is 10.3. The molecule has 0 bridgehead atoms. The highest BCUT2D eigenvalue weighted by atomic mass is 16.6. The number of carbonyl (C=O) groups is 2. The smallest absolute Gasteiger partial charge is 0.305 e. The summed E-state index contributed by atoms with van der Waals surface area (Å²) in [6.45, 7) is 6.42. The molecule has 4 atom stereocenters. The molecule has 3 N–H and O–H groups in total. The van der Waals surface area contributed by atoms with Crippen LogP contribution in [0, 0.1) is 5.92 Å². The Morgan fingerprint density at radius 3 is 1.31 bits per heavy atom. The lowest BCUT2D eigenvalue weighted by Crippen LogP contribution is -2.25. The van der Waals surface area contributed by atoms with Gasteiger partial charge >= 0.3 is 11.9 Å². The highest BCUT2D eigenvalue weighted by molar-refractivity contribution is 5.69. The summed E-state index contributed by atoms with van der Waals surface area (Å²) in [6, 6.07) is 0. The molecule has 0 aromatic heterocycles. The summed E-state index contributed by atoms with van der Waals surface area (Å²) >= 11 is 0. The summed E-state index contributed by atoms with van der Waals surface area (Å²) in [4.78, 5) is 24.0. The van der Waals surface area contributed by atoms with Crippen LogP contribution in [0.15, 0.2) is 48.6 Å². The fourth-order valence-corrected chi connectivity index (χ4v) is 6.39. The largest absolute Gasteiger partial charge is 0.463 e. The Morgan fingerprint density at radius 1 is 0.491 bits per heavy atom. The minimum atomic E-state index is -1.05. The molecule has 7 heteroatoms. The molecule has 1 unspecified atom stereocenters. The van der Waals surface area contributed by atoms with E-state index in [-0.39, 0.29) is 31.7 Å². The highest BCUT2D eigenvalue weighted by Crippen LogP contribution is 2.17. The second-order valence-corrected chi connectivity index (χ2v) is 15.8. The van der Waals surface area contributed by atoms with Crippen molar-refractivity contribution >= 4 is 11.9 Å². The first-order valence-corrected chi connectivity index (χ1v) is 22.8. The molecule has 0 saturated heterocycles. The molecule has 0 aliphatic carbocycles. The lowest BCUT2D eigenvalue weighted by molar-refractivity contribution is -0.152. The summed E-state index contributed by atoms with van der Waals surface area (Å²) in [5, 5.41) is 30.0. The molecule has 0 rings (SSSR count). The second kappa shape index (κ2) is 41.4. The van der Waals surface area contributed by atoms with Crippen LogP contribution in [0.4, 0.5) is 0 Å². The normalized spacial score (nSPS) is 14.4. The van der Waals surface area contributed by atoms with Crippen molar-refractivity contribution in [3.05, 3.63) is 48.6 Å². The van der Waals surface area contributed by atoms with Gasteiger partial charge in [-0.1, -0.05) is 211 Å². The van der Waals surface area contributed by atoms with Gasteiger partial charge in [0.05, 0.1) is 12.2 Å². The first kappa shape index (κ1) is 52.8. The lowest BCUT2D eigenvalue weighted by atomic mass is 9.99. The van der Waals surface area contributed by atoms with Crippen molar-refractivity contribution in [3.63, 3.8) is 0 Å². The molecule has 0 aromatic carbocycles. The number of unbranched alkanes of at least 4 members (excludes halogenated alkanes) is 19. The third-order valence-corrected chi connectivity index (χ3v) is 10.3. The monoisotopic (exact) mass is 775 g/mol. The van der Waals surface area contributed by atoms with E-state index < -0.39 is 18.2 Å². The molecule has 0 aliphatic heterocycles. The van der Waals surface area contributed by atoms with E-state index in [1.807, 2.05) is 36.5 Å². The molecule has 320 valence electrons. The van der Waals surface area contributed by atoms with Crippen LogP contribution in [-0.4, -0.2) is 58.8 Å². The van der Waals surface area contributed by atoms with E-state index in [0.29, 0.717) is 19.3 Å². The van der Waals surface area contributed by atoms with Crippen LogP contribution in [0.1, 0.15) is 207 Å². The van der Waals surface area contributed by atoms with Crippen LogP contribution in [0.3, 0.4) is 0 Å². The van der Waals surface area contributed by atoms with Gasteiger partial charge in [-0.25, -0.2) is 0 Å². The fraction of sp³-hybridized carbons (Fsp3) is 0.792. The zero-order valence-electron chi connectivity index (χ0n) is 35.8. The Hall–Kier alpha value is -2.22. The maximum atomic E-state index is 12.0. The van der Waals surface area contributed by atoms with Crippen LogP contribution >= 0.6 is 0 Å². The molecule has 7 nitrogen and oxygen atoms in total. The van der Waals surface area contributed by atoms with Crippen molar-refractivity contribution in [1.29, 1.82) is 0 Å². The van der Waals surface area contributed by atoms with E-state index in [1.165, 1.54) is 109 Å². The third-order valence-electron chi connectivity index (χ3n) is 10.3. The zero-order chi connectivity index (χ0) is 40.5. The molecular weight excluding hydrogens is 689 g/mol. The molecule has 0 amide bonds. The van der Waals surface area contributed by atoms with Crippen molar-refractivity contribution < 1.29 is 34.4 Å². The molecule has 0 aliphatic rings. The van der Waals surface area contributed by atoms with E-state index in [2.05, 4.69) is 20.8 Å². The molecule has 0 saturated carbocycles. The number of allylic oxidation sites excluding steroid dienone is 6. The van der Waals surface area contributed by atoms with Gasteiger partial charge in [0.15, 0.2) is 0 Å². The molecule has 0 heterocycles. The van der Waals surface area contributed by atoms with Crippen molar-refractivity contribution in [2.24, 2.45) is 5.92 Å². The summed E-state index contributed by atoms with van der Waals surface area (Å²) in [5.74, 6) is 0.126. The van der Waals surface area contributed by atoms with Crippen LogP contribution < -0.4 is 0 Å². The molecule has 0 radical (unpaired) electrons. The maximum absolute atomic E-state index is 12.0. The highest BCUT2D eigenvalue weighted by Gasteiger charge is 2.12. The average molecular weight is 775 g/mol. The zero-order valence-corrected chi connectivity index (χ0v) is 35.8. The number of hydrogen-bond acceptors (Lipinski definition) is 7. The number of carbonyl (C=O) groups excluding carboxylic acids is 2. The lowest BCUT2D eigenvalue weighted by Gasteiger charge is -2.12. The first-order valence-electron chi connectivity index (χ1n) is 22.8. The summed E-state index contributed by atoms with van der Waals surface area (Å²) in [6.07, 6.45) is 45.3. The third kappa shape index (κ3) is 41.2. The topological polar surface area (TPSA) is 113 Å². The molecule has 55 heavy (non-hydrogen) atoms. The second-order valence-electron chi connectivity index (χ2n) is 15.8. The maximum Gasteiger partial charge on any atom is 0.305 e. The van der Waals surface area contributed by atoms with Gasteiger partial charge in [-0.2, -0.15) is 0 Å². The van der Waals surface area contributed by atoms with Gasteiger partial charge in [0.25, 0.3) is 0 Å². The Balaban J connectivity index is 3.59. The number of esters is 2. The van der Waals surface area contributed by atoms with E-state index in [0.717, 1.165) is 57.3 Å². The molecular formula is C48H86O7. The van der Waals surface area contributed by atoms with E-state index in [9.17, 15) is 24.9 Å². The molecule has 0 aromatic rings. The van der Waals surface area contributed by atoms with E-state index in [1.54, 1.807) is 12.2 Å². The summed E-state index contributed by atoms with van der Waals surface area (Å²) in [7, 11) is 0. The first-order chi connectivity index (χ1) is 26.8. The van der Waals surface area contributed by atoms with Crippen LogP contribution in [0.2, 0.25) is 0 Å². The van der Waals surface area contributed by atoms with Crippen LogP contribution in [0.25, 0.3) is 0 Å². The standard InChI is InChI=1S/C48H86O7/c1-4-6-28-35-44(49)36-30-25-21-19-22-26-31-37-45(50)38-33-40-48(53)55-42-46(51)41-54-47(52)39-32-27-23-18-16-14-12-10-8-7-9-11-13-15-17-20-24-29-34-43(3)5-2/h21-22,25-26,30-31,36-37,43-46,49-51H,4-20,23-24,27-29,32-35,38-42H2,1-3H3/b25-21-,26-22-,36-30+,37-31+/t43?,44-,45-,46-/m0/s1. The van der Waals surface area contributed by atoms with Crippen molar-refractivity contribution in [3.8, 4) is 0 Å². The minimum Gasteiger partial charge on any atom is -0.463 e. The van der Waals surface area contributed by atoms with E-state index in [4.69, 9.17) is 9.47 Å². The van der Waals surface area contributed by atoms with Gasteiger partial charge < -0.3 is 24.8 Å². The Bertz CT molecular complexity index is 971. The predicted octanol–water partition coefficient (Wildman–Crippen LogP) is 12.4. The molecule has 0 spiro atoms. The van der Waals surface area contributed by atoms with Gasteiger partial charge in [-0.05, 0) is 38.0 Å². The average Bonchev–Trinajstić information content (AvgIpc) is 3.17. The number of hydrogen-bond donors (Lipinski definition) is 3. The number of aliphatic hydroxyl groups excluding tert-OH is 3. The van der Waals surface area contributed by atoms with Gasteiger partial charge in [0.1, 0.15) is 19.3 Å². The minimum absolute atomic E-state index is 0.137. The van der Waals surface area contributed by atoms with Crippen molar-refractivity contribution in [2.75, 3.05) is 13.2 Å². The van der Waals surface area contributed by atoms with Gasteiger partial charge in [0, 0.05) is 12.8 Å². The predicted molar refractivity (Wildman–Crippen MR) is 231 cm³/mol. The van der Waals surface area contributed by atoms with Gasteiger partial charge in [-0.3, -0.25) is 9.59 Å². The SMILES string of the molecule is CCCCC[C@H](O)/C=C/C=C\C/C=C\C=C\[C@H](O)CCCC(=O)OC[C@@H](O)COC(=O)CCCCCCCCCCCCCCCCCCCCC(C)CC. The fourth-order valence-electron chi connectivity index (χ4n) is 6.39. The van der Waals surface area contributed by atoms with E-state index >= 15 is 0 Å². The summed E-state index contributed by atoms with van der Waals surface area (Å²) in [5.41, 5.74) is 0. The Labute approximate surface area is 338 Å². The quantitative estimate of drug-likeness (QED) is 0.0323. The van der Waals surface area contributed by atoms with Crippen molar-refractivity contribution in [1.82, 2.24) is 0 Å². The molecule has 0 fully saturated rings. The van der Waals surface area contributed by atoms with Crippen molar-refractivity contribution in [2.45, 2.75) is 225 Å². The number of ether oxygens (including phenoxy) is 2. The number of aliphatic hydroxyl groups is 3. The van der Waals surface area contributed by atoms with Gasteiger partial charge in [0.2, 0.25) is 0 Å². The van der Waals surface area contributed by atoms with Gasteiger partial charge in [-0.15, -0.1) is 0 Å².